The van der Waals surface area contributed by atoms with E-state index in [-0.39, 0.29) is 5.69 Å². The maximum atomic E-state index is 10.6. The molecule has 0 unspecified atom stereocenters. The molecular weight excluding hydrogens is 340 g/mol. The summed E-state index contributed by atoms with van der Waals surface area (Å²) in [6.45, 7) is 0. The molecule has 0 aliphatic heterocycles. The summed E-state index contributed by atoms with van der Waals surface area (Å²) in [6.07, 6.45) is 4.70. The van der Waals surface area contributed by atoms with Crippen molar-refractivity contribution in [2.24, 2.45) is 0 Å². The van der Waals surface area contributed by atoms with Gasteiger partial charge < -0.3 is 0 Å². The first-order valence-electron chi connectivity index (χ1n) is 5.78. The second-order valence-corrected chi connectivity index (χ2v) is 4.93. The number of hydrogen-bond donors (Lipinski definition) is 0. The first-order chi connectivity index (χ1) is 10.1. The molecule has 3 rings (SSSR count). The molecule has 0 aliphatic rings. The predicted octanol–water partition coefficient (Wildman–Crippen LogP) is 2.40. The Morgan fingerprint density at radius 3 is 2.38 bits per heavy atom. The molecule has 2 heterocycles. The van der Waals surface area contributed by atoms with E-state index in [1.165, 1.54) is 23.1 Å². The van der Waals surface area contributed by atoms with Gasteiger partial charge in [0.2, 0.25) is 0 Å². The zero-order chi connectivity index (χ0) is 14.8. The molecule has 0 N–H and O–H groups in total. The third kappa shape index (κ3) is 2.77. The van der Waals surface area contributed by atoms with E-state index in [1.807, 2.05) is 0 Å². The summed E-state index contributed by atoms with van der Waals surface area (Å²) in [4.78, 5) is 22.5. The first-order valence-corrected chi connectivity index (χ1v) is 6.57. The Bertz CT molecular complexity index is 784. The largest absolute Gasteiger partial charge is 0.269 e. The molecule has 104 valence electrons. The average molecular weight is 347 g/mol. The van der Waals surface area contributed by atoms with Crippen molar-refractivity contribution in [3.05, 3.63) is 57.6 Å². The molecule has 0 saturated carbocycles. The van der Waals surface area contributed by atoms with Crippen LogP contribution in [0.5, 0.6) is 0 Å². The minimum atomic E-state index is -0.453. The molecule has 0 spiro atoms. The Hall–Kier alpha value is -2.68. The molecule has 8 nitrogen and oxygen atoms in total. The standard InChI is InChI=1S/C12H7BrN6O2/c13-9-5-14-12(15-6-9)18-7-16-11(17-18)8-1-3-10(4-2-8)19(20)21/h1-7H. The van der Waals surface area contributed by atoms with E-state index in [0.29, 0.717) is 17.3 Å². The fraction of sp³-hybridized carbons (Fsp3) is 0. The molecule has 21 heavy (non-hydrogen) atoms. The van der Waals surface area contributed by atoms with Crippen molar-refractivity contribution < 1.29 is 4.92 Å². The maximum Gasteiger partial charge on any atom is 0.269 e. The highest BCUT2D eigenvalue weighted by Crippen LogP contribution is 2.19. The summed E-state index contributed by atoms with van der Waals surface area (Å²) >= 11 is 3.25. The smallest absolute Gasteiger partial charge is 0.258 e. The molecule has 0 atom stereocenters. The third-order valence-electron chi connectivity index (χ3n) is 2.64. The van der Waals surface area contributed by atoms with Gasteiger partial charge >= 0.3 is 0 Å². The quantitative estimate of drug-likeness (QED) is 0.533. The van der Waals surface area contributed by atoms with Gasteiger partial charge in [-0.05, 0) is 28.1 Å². The molecule has 0 radical (unpaired) electrons. The molecule has 0 fully saturated rings. The summed E-state index contributed by atoms with van der Waals surface area (Å²) < 4.78 is 2.20. The van der Waals surface area contributed by atoms with E-state index in [2.05, 4.69) is 36.0 Å². The van der Waals surface area contributed by atoms with Crippen LogP contribution in [0.15, 0.2) is 47.5 Å². The molecule has 0 aliphatic carbocycles. The molecule has 2 aromatic heterocycles. The second-order valence-electron chi connectivity index (χ2n) is 4.02. The minimum Gasteiger partial charge on any atom is -0.258 e. The number of aromatic nitrogens is 5. The molecular formula is C12H7BrN6O2. The summed E-state index contributed by atoms with van der Waals surface area (Å²) in [5.41, 5.74) is 0.700. The molecule has 9 heteroatoms. The van der Waals surface area contributed by atoms with Gasteiger partial charge in [-0.3, -0.25) is 10.1 Å². The van der Waals surface area contributed by atoms with E-state index in [9.17, 15) is 10.1 Å². The highest BCUT2D eigenvalue weighted by Gasteiger charge is 2.09. The minimum absolute atomic E-state index is 0.0226. The van der Waals surface area contributed by atoms with Gasteiger partial charge in [-0.15, -0.1) is 5.10 Å². The van der Waals surface area contributed by atoms with Gasteiger partial charge in [0.25, 0.3) is 11.6 Å². The number of nitrogens with zero attached hydrogens (tertiary/aromatic N) is 6. The number of hydrogen-bond acceptors (Lipinski definition) is 6. The van der Waals surface area contributed by atoms with Crippen LogP contribution in [0, 0.1) is 10.1 Å². The van der Waals surface area contributed by atoms with Crippen LogP contribution >= 0.6 is 15.9 Å². The Balaban J connectivity index is 1.90. The van der Waals surface area contributed by atoms with Crippen LogP contribution < -0.4 is 0 Å². The van der Waals surface area contributed by atoms with E-state index in [1.54, 1.807) is 24.5 Å². The summed E-state index contributed by atoms with van der Waals surface area (Å²) in [5, 5.41) is 14.9. The first kappa shape index (κ1) is 13.3. The highest BCUT2D eigenvalue weighted by molar-refractivity contribution is 9.10. The normalized spacial score (nSPS) is 10.5. The number of rotatable bonds is 3. The van der Waals surface area contributed by atoms with Crippen LogP contribution in [0.1, 0.15) is 0 Å². The van der Waals surface area contributed by atoms with Crippen molar-refractivity contribution in [1.29, 1.82) is 0 Å². The number of nitro groups is 1. The van der Waals surface area contributed by atoms with Crippen LogP contribution in [0.3, 0.4) is 0 Å². The van der Waals surface area contributed by atoms with Crippen LogP contribution in [0.2, 0.25) is 0 Å². The lowest BCUT2D eigenvalue weighted by molar-refractivity contribution is -0.384. The lowest BCUT2D eigenvalue weighted by Crippen LogP contribution is -2.00. The van der Waals surface area contributed by atoms with Crippen molar-refractivity contribution in [2.45, 2.75) is 0 Å². The van der Waals surface area contributed by atoms with Gasteiger partial charge in [0, 0.05) is 30.1 Å². The van der Waals surface area contributed by atoms with Gasteiger partial charge in [0.1, 0.15) is 6.33 Å². The molecule has 1 aromatic carbocycles. The predicted molar refractivity (Wildman–Crippen MR) is 76.7 cm³/mol. The molecule has 0 saturated heterocycles. The monoisotopic (exact) mass is 346 g/mol. The lowest BCUT2D eigenvalue weighted by atomic mass is 10.2. The van der Waals surface area contributed by atoms with E-state index in [4.69, 9.17) is 0 Å². The van der Waals surface area contributed by atoms with Crippen molar-refractivity contribution in [3.8, 4) is 17.3 Å². The zero-order valence-electron chi connectivity index (χ0n) is 10.4. The van der Waals surface area contributed by atoms with Gasteiger partial charge in [0.15, 0.2) is 5.82 Å². The maximum absolute atomic E-state index is 10.6. The molecule has 0 amide bonds. The fourth-order valence-electron chi connectivity index (χ4n) is 1.65. The number of benzene rings is 1. The van der Waals surface area contributed by atoms with Crippen LogP contribution in [0.25, 0.3) is 17.3 Å². The van der Waals surface area contributed by atoms with E-state index < -0.39 is 4.92 Å². The summed E-state index contributed by atoms with van der Waals surface area (Å²) in [7, 11) is 0. The van der Waals surface area contributed by atoms with Gasteiger partial charge in [-0.2, -0.15) is 4.68 Å². The van der Waals surface area contributed by atoms with Crippen LogP contribution in [-0.2, 0) is 0 Å². The SMILES string of the molecule is O=[N+]([O-])c1ccc(-c2ncn(-c3ncc(Br)cn3)n2)cc1. The second kappa shape index (κ2) is 5.37. The van der Waals surface area contributed by atoms with Crippen molar-refractivity contribution in [1.82, 2.24) is 24.7 Å². The van der Waals surface area contributed by atoms with Gasteiger partial charge in [0.05, 0.1) is 9.40 Å². The number of halogens is 1. The van der Waals surface area contributed by atoms with Crippen molar-refractivity contribution in [2.75, 3.05) is 0 Å². The van der Waals surface area contributed by atoms with E-state index in [0.717, 1.165) is 4.47 Å². The molecule has 0 bridgehead atoms. The highest BCUT2D eigenvalue weighted by atomic mass is 79.9. The van der Waals surface area contributed by atoms with Gasteiger partial charge in [-0.25, -0.2) is 15.0 Å². The summed E-state index contributed by atoms with van der Waals surface area (Å²) in [6, 6.07) is 6.01. The third-order valence-corrected chi connectivity index (χ3v) is 3.05. The van der Waals surface area contributed by atoms with Crippen LogP contribution in [0.4, 0.5) is 5.69 Å². The van der Waals surface area contributed by atoms with Crippen molar-refractivity contribution in [3.63, 3.8) is 0 Å². The lowest BCUT2D eigenvalue weighted by Gasteiger charge is -1.97. The summed E-state index contributed by atoms with van der Waals surface area (Å²) in [5.74, 6) is 0.829. The Morgan fingerprint density at radius 2 is 1.76 bits per heavy atom. The topological polar surface area (TPSA) is 99.6 Å². The Kier molecular flexibility index (Phi) is 3.40. The molecule has 3 aromatic rings. The number of non-ortho nitro benzene ring substituents is 1. The van der Waals surface area contributed by atoms with Crippen LogP contribution in [-0.4, -0.2) is 29.7 Å². The number of nitro benzene ring substituents is 1. The van der Waals surface area contributed by atoms with E-state index >= 15 is 0 Å². The zero-order valence-corrected chi connectivity index (χ0v) is 12.0. The Morgan fingerprint density at radius 1 is 1.10 bits per heavy atom. The Labute approximate surface area is 126 Å². The van der Waals surface area contributed by atoms with Crippen molar-refractivity contribution >= 4 is 21.6 Å². The average Bonchev–Trinajstić information content (AvgIpc) is 2.98. The van der Waals surface area contributed by atoms with Gasteiger partial charge in [-0.1, -0.05) is 0 Å². The fourth-order valence-corrected chi connectivity index (χ4v) is 1.85.